The third-order valence-corrected chi connectivity index (χ3v) is 8.10. The second-order valence-electron chi connectivity index (χ2n) is 9.61. The van der Waals surface area contributed by atoms with Gasteiger partial charge in [0, 0.05) is 71.3 Å². The Bertz CT molecular complexity index is 1230. The monoisotopic (exact) mass is 579 g/mol. The number of pyridine rings is 1. The van der Waals surface area contributed by atoms with E-state index in [4.69, 9.17) is 39.6 Å². The van der Waals surface area contributed by atoms with Crippen LogP contribution in [0.25, 0.3) is 0 Å². The number of amides is 3. The highest BCUT2D eigenvalue weighted by atomic mass is 35.5. The number of oxime groups is 1. The predicted octanol–water partition coefficient (Wildman–Crippen LogP) is 3.72. The zero-order valence-corrected chi connectivity index (χ0v) is 22.9. The number of carbonyl (C=O) groups is 2. The molecular weight excluding hydrogens is 553 g/mol. The molecule has 3 amide bonds. The number of piperazine rings is 1. The molecule has 1 aromatic carbocycles. The molecular formula is C25H28Cl3N7O3. The second kappa shape index (κ2) is 11.5. The van der Waals surface area contributed by atoms with Crippen LogP contribution in [0.15, 0.2) is 41.7 Å². The standard InChI is InChI=1S/C25H28Cl3N7O3/c26-18-4-3-17(14-20(18)28)16-30-24(37)34-8-5-25(6-9-34)15-21(32-38-25)23(36)31-35-12-10-33(11-13-35)22-19(27)2-1-7-29-22/h1-4,7,14H,5-6,8-13,15-16H2,(H,30,37)(H,31,36). The van der Waals surface area contributed by atoms with Gasteiger partial charge in [0.15, 0.2) is 0 Å². The maximum absolute atomic E-state index is 12.9. The molecule has 5 rings (SSSR count). The average Bonchev–Trinajstić information content (AvgIpc) is 3.34. The average molecular weight is 581 g/mol. The summed E-state index contributed by atoms with van der Waals surface area (Å²) >= 11 is 18.3. The van der Waals surface area contributed by atoms with Gasteiger partial charge in [-0.1, -0.05) is 46.0 Å². The molecule has 1 spiro atoms. The van der Waals surface area contributed by atoms with Crippen molar-refractivity contribution >= 4 is 58.3 Å². The zero-order valence-electron chi connectivity index (χ0n) is 20.6. The van der Waals surface area contributed by atoms with E-state index < -0.39 is 5.60 Å². The first-order chi connectivity index (χ1) is 18.3. The van der Waals surface area contributed by atoms with Crippen molar-refractivity contribution in [3.63, 3.8) is 0 Å². The molecule has 0 unspecified atom stereocenters. The lowest BCUT2D eigenvalue weighted by molar-refractivity contribution is -0.119. The molecule has 3 aliphatic rings. The number of hydrazine groups is 1. The number of likely N-dealkylation sites (tertiary alicyclic amines) is 1. The lowest BCUT2D eigenvalue weighted by atomic mass is 9.87. The summed E-state index contributed by atoms with van der Waals surface area (Å²) in [5, 5.41) is 10.4. The van der Waals surface area contributed by atoms with Gasteiger partial charge in [0.2, 0.25) is 0 Å². The van der Waals surface area contributed by atoms with Gasteiger partial charge in [0.05, 0.1) is 15.1 Å². The number of rotatable bonds is 5. The Balaban J connectivity index is 1.05. The Hall–Kier alpha value is -2.79. The summed E-state index contributed by atoms with van der Waals surface area (Å²) in [6.07, 6.45) is 3.33. The van der Waals surface area contributed by atoms with Gasteiger partial charge < -0.3 is 20.0 Å². The second-order valence-corrected chi connectivity index (χ2v) is 10.8. The molecule has 0 radical (unpaired) electrons. The largest absolute Gasteiger partial charge is 0.388 e. The summed E-state index contributed by atoms with van der Waals surface area (Å²) in [7, 11) is 0. The number of nitrogens with one attached hydrogen (secondary N) is 2. The molecule has 0 atom stereocenters. The molecule has 0 bridgehead atoms. The Kier molecular flexibility index (Phi) is 8.13. The highest BCUT2D eigenvalue weighted by Crippen LogP contribution is 2.35. The Morgan fingerprint density at radius 2 is 1.74 bits per heavy atom. The molecule has 0 saturated carbocycles. The minimum atomic E-state index is -0.554. The number of piperidine rings is 1. The van der Waals surface area contributed by atoms with Gasteiger partial charge in [0.25, 0.3) is 5.91 Å². The molecule has 10 nitrogen and oxygen atoms in total. The van der Waals surface area contributed by atoms with Crippen LogP contribution in [0.3, 0.4) is 0 Å². The van der Waals surface area contributed by atoms with Crippen molar-refractivity contribution in [3.8, 4) is 0 Å². The fourth-order valence-corrected chi connectivity index (χ4v) is 5.38. The summed E-state index contributed by atoms with van der Waals surface area (Å²) in [6.45, 7) is 4.00. The van der Waals surface area contributed by atoms with Crippen LogP contribution in [-0.2, 0) is 16.2 Å². The molecule has 2 N–H and O–H groups in total. The van der Waals surface area contributed by atoms with E-state index in [2.05, 4.69) is 25.8 Å². The van der Waals surface area contributed by atoms with Crippen LogP contribution in [0.2, 0.25) is 15.1 Å². The number of urea groups is 1. The maximum atomic E-state index is 12.9. The summed E-state index contributed by atoms with van der Waals surface area (Å²) < 4.78 is 0. The number of anilines is 1. The number of nitrogens with zero attached hydrogens (tertiary/aromatic N) is 5. The van der Waals surface area contributed by atoms with Crippen LogP contribution < -0.4 is 15.6 Å². The molecule has 1 aromatic heterocycles. The minimum absolute atomic E-state index is 0.158. The molecule has 2 saturated heterocycles. The molecule has 38 heavy (non-hydrogen) atoms. The lowest BCUT2D eigenvalue weighted by Gasteiger charge is -2.37. The van der Waals surface area contributed by atoms with E-state index in [1.165, 1.54) is 0 Å². The topological polar surface area (TPSA) is 102 Å². The summed E-state index contributed by atoms with van der Waals surface area (Å²) in [6, 6.07) is 8.74. The van der Waals surface area contributed by atoms with E-state index >= 15 is 0 Å². The van der Waals surface area contributed by atoms with Crippen LogP contribution in [0.4, 0.5) is 10.6 Å². The van der Waals surface area contributed by atoms with E-state index in [1.54, 1.807) is 29.3 Å². The van der Waals surface area contributed by atoms with Crippen LogP contribution in [0, 0.1) is 0 Å². The van der Waals surface area contributed by atoms with Crippen LogP contribution >= 0.6 is 34.8 Å². The van der Waals surface area contributed by atoms with Crippen molar-refractivity contribution in [2.24, 2.45) is 5.16 Å². The van der Waals surface area contributed by atoms with Crippen molar-refractivity contribution < 1.29 is 14.4 Å². The van der Waals surface area contributed by atoms with Gasteiger partial charge in [-0.25, -0.2) is 14.8 Å². The van der Waals surface area contributed by atoms with Gasteiger partial charge in [-0.15, -0.1) is 0 Å². The highest BCUT2D eigenvalue weighted by molar-refractivity contribution is 6.42. The zero-order chi connectivity index (χ0) is 26.7. The predicted molar refractivity (Wildman–Crippen MR) is 147 cm³/mol. The molecule has 3 aliphatic heterocycles. The van der Waals surface area contributed by atoms with Crippen LogP contribution in [-0.4, -0.2) is 77.4 Å². The van der Waals surface area contributed by atoms with Crippen LogP contribution in [0.5, 0.6) is 0 Å². The van der Waals surface area contributed by atoms with Gasteiger partial charge in [0.1, 0.15) is 17.1 Å². The molecule has 2 fully saturated rings. The number of hydrogen-bond donors (Lipinski definition) is 2. The first kappa shape index (κ1) is 26.8. The number of hydrogen-bond acceptors (Lipinski definition) is 7. The van der Waals surface area contributed by atoms with Crippen molar-refractivity contribution in [2.45, 2.75) is 31.4 Å². The van der Waals surface area contributed by atoms with Crippen molar-refractivity contribution in [1.29, 1.82) is 0 Å². The molecule has 13 heteroatoms. The number of carbonyl (C=O) groups excluding carboxylic acids is 2. The first-order valence-corrected chi connectivity index (χ1v) is 13.6. The third-order valence-electron chi connectivity index (χ3n) is 7.07. The van der Waals surface area contributed by atoms with E-state index in [0.717, 1.165) is 11.4 Å². The van der Waals surface area contributed by atoms with E-state index in [1.807, 2.05) is 17.1 Å². The number of halogens is 3. The number of aromatic nitrogens is 1. The summed E-state index contributed by atoms with van der Waals surface area (Å²) in [4.78, 5) is 39.5. The van der Waals surface area contributed by atoms with Crippen molar-refractivity contribution in [2.75, 3.05) is 44.2 Å². The van der Waals surface area contributed by atoms with E-state index in [9.17, 15) is 9.59 Å². The fourth-order valence-electron chi connectivity index (χ4n) is 4.82. The molecule has 4 heterocycles. The lowest BCUT2D eigenvalue weighted by Crippen LogP contribution is -2.55. The summed E-state index contributed by atoms with van der Waals surface area (Å²) in [5.41, 5.74) is 3.63. The Morgan fingerprint density at radius 3 is 2.45 bits per heavy atom. The SMILES string of the molecule is O=C(NN1CCN(c2ncccc2Cl)CC1)C1=NOC2(CCN(C(=O)NCc3ccc(Cl)c(Cl)c3)CC2)C1. The third kappa shape index (κ3) is 6.09. The quantitative estimate of drug-likeness (QED) is 0.559. The minimum Gasteiger partial charge on any atom is -0.388 e. The smallest absolute Gasteiger partial charge is 0.317 e. The maximum Gasteiger partial charge on any atom is 0.317 e. The van der Waals surface area contributed by atoms with Gasteiger partial charge in [-0.05, 0) is 29.8 Å². The van der Waals surface area contributed by atoms with Gasteiger partial charge in [-0.3, -0.25) is 10.2 Å². The number of benzene rings is 1. The fraction of sp³-hybridized carbons (Fsp3) is 0.440. The van der Waals surface area contributed by atoms with Gasteiger partial charge in [-0.2, -0.15) is 0 Å². The molecule has 2 aromatic rings. The highest BCUT2D eigenvalue weighted by Gasteiger charge is 2.44. The summed E-state index contributed by atoms with van der Waals surface area (Å²) in [5.74, 6) is 0.498. The molecule has 0 aliphatic carbocycles. The Morgan fingerprint density at radius 1 is 0.974 bits per heavy atom. The van der Waals surface area contributed by atoms with Crippen molar-refractivity contribution in [3.05, 3.63) is 57.2 Å². The van der Waals surface area contributed by atoms with Gasteiger partial charge >= 0.3 is 6.03 Å². The first-order valence-electron chi connectivity index (χ1n) is 12.5. The normalized spacial score (nSPS) is 19.2. The van der Waals surface area contributed by atoms with Crippen molar-refractivity contribution in [1.82, 2.24) is 25.6 Å². The van der Waals surface area contributed by atoms with E-state index in [0.29, 0.717) is 85.9 Å². The Labute approximate surface area is 235 Å². The van der Waals surface area contributed by atoms with Crippen LogP contribution in [0.1, 0.15) is 24.8 Å². The molecule has 202 valence electrons. The van der Waals surface area contributed by atoms with E-state index in [-0.39, 0.29) is 11.9 Å².